The first-order valence-electron chi connectivity index (χ1n) is 5.69. The van der Waals surface area contributed by atoms with Crippen molar-refractivity contribution in [2.24, 2.45) is 0 Å². The van der Waals surface area contributed by atoms with Crippen LogP contribution in [-0.4, -0.2) is 16.2 Å². The van der Waals surface area contributed by atoms with Gasteiger partial charge in [0, 0.05) is 6.04 Å². The highest BCUT2D eigenvalue weighted by Gasteiger charge is 2.14. The van der Waals surface area contributed by atoms with Crippen molar-refractivity contribution in [1.82, 2.24) is 10.2 Å². The molecule has 1 rings (SSSR count). The summed E-state index contributed by atoms with van der Waals surface area (Å²) in [5.41, 5.74) is 2.58. The average Bonchev–Trinajstić information content (AvgIpc) is 2.27. The molecule has 0 aliphatic heterocycles. The number of nitrogens with one attached hydrogen (secondary N) is 1. The highest BCUT2D eigenvalue weighted by Crippen LogP contribution is 2.20. The molecule has 0 aliphatic rings. The highest BCUT2D eigenvalue weighted by molar-refractivity contribution is 5.56. The molecule has 0 radical (unpaired) electrons. The zero-order valence-corrected chi connectivity index (χ0v) is 10.3. The number of aromatic nitrogens is 2. The van der Waals surface area contributed by atoms with Crippen LogP contribution in [0.1, 0.15) is 44.5 Å². The van der Waals surface area contributed by atoms with E-state index >= 15 is 0 Å². The Balaban J connectivity index is 3.27. The lowest BCUT2D eigenvalue weighted by atomic mass is 10.0. The fourth-order valence-corrected chi connectivity index (χ4v) is 1.67. The molecule has 0 spiro atoms. The molecule has 16 heavy (non-hydrogen) atoms. The van der Waals surface area contributed by atoms with Gasteiger partial charge in [-0.3, -0.25) is 0 Å². The minimum Gasteiger partial charge on any atom is -0.365 e. The lowest BCUT2D eigenvalue weighted by molar-refractivity contribution is 0.836. The van der Waals surface area contributed by atoms with E-state index in [-0.39, 0.29) is 6.04 Å². The summed E-state index contributed by atoms with van der Waals surface area (Å²) >= 11 is 0. The highest BCUT2D eigenvalue weighted by atomic mass is 15.2. The molecule has 86 valence electrons. The maximum absolute atomic E-state index is 9.21. The number of hydrogen-bond donors (Lipinski definition) is 1. The first-order valence-corrected chi connectivity index (χ1v) is 5.69. The zero-order valence-electron chi connectivity index (χ0n) is 10.3. The zero-order chi connectivity index (χ0) is 12.1. The Morgan fingerprint density at radius 3 is 2.38 bits per heavy atom. The smallest absolute Gasteiger partial charge is 0.167 e. The fraction of sp³-hybridized carbons (Fsp3) is 0.583. The van der Waals surface area contributed by atoms with Crippen LogP contribution in [0.5, 0.6) is 0 Å². The topological polar surface area (TPSA) is 61.6 Å². The maximum Gasteiger partial charge on any atom is 0.167 e. The van der Waals surface area contributed by atoms with Gasteiger partial charge in [-0.05, 0) is 32.3 Å². The van der Waals surface area contributed by atoms with E-state index in [2.05, 4.69) is 21.6 Å². The Morgan fingerprint density at radius 2 is 1.94 bits per heavy atom. The quantitative estimate of drug-likeness (QED) is 0.842. The molecule has 1 N–H and O–H groups in total. The standard InChI is InChI=1S/C12H18N4/c1-5-9-10(7-13)12(14-8(3)4)16-15-11(9)6-2/h8H,5-6H2,1-4H3,(H,14,16). The van der Waals surface area contributed by atoms with Gasteiger partial charge in [-0.1, -0.05) is 13.8 Å². The lowest BCUT2D eigenvalue weighted by Crippen LogP contribution is -2.15. The number of hydrogen-bond acceptors (Lipinski definition) is 4. The molecular formula is C12H18N4. The Labute approximate surface area is 96.7 Å². The van der Waals surface area contributed by atoms with E-state index in [4.69, 9.17) is 0 Å². The van der Waals surface area contributed by atoms with Crippen LogP contribution >= 0.6 is 0 Å². The Kier molecular flexibility index (Phi) is 4.24. The molecule has 0 saturated carbocycles. The van der Waals surface area contributed by atoms with Crippen molar-refractivity contribution < 1.29 is 0 Å². The van der Waals surface area contributed by atoms with Gasteiger partial charge in [0.05, 0.1) is 5.69 Å². The first kappa shape index (κ1) is 12.4. The van der Waals surface area contributed by atoms with Crippen molar-refractivity contribution in [2.75, 3.05) is 5.32 Å². The average molecular weight is 218 g/mol. The van der Waals surface area contributed by atoms with Crippen LogP contribution in [-0.2, 0) is 12.8 Å². The van der Waals surface area contributed by atoms with Crippen molar-refractivity contribution in [1.29, 1.82) is 5.26 Å². The molecule has 1 heterocycles. The third-order valence-electron chi connectivity index (χ3n) is 2.38. The Morgan fingerprint density at radius 1 is 1.25 bits per heavy atom. The van der Waals surface area contributed by atoms with E-state index in [1.54, 1.807) is 0 Å². The van der Waals surface area contributed by atoms with Gasteiger partial charge in [0.25, 0.3) is 0 Å². The molecule has 0 fully saturated rings. The molecule has 0 aliphatic carbocycles. The number of anilines is 1. The van der Waals surface area contributed by atoms with E-state index in [1.807, 2.05) is 27.7 Å². The van der Waals surface area contributed by atoms with Gasteiger partial charge in [-0.25, -0.2) is 0 Å². The molecule has 1 aromatic heterocycles. The van der Waals surface area contributed by atoms with E-state index < -0.39 is 0 Å². The third kappa shape index (κ3) is 2.48. The summed E-state index contributed by atoms with van der Waals surface area (Å²) in [5.74, 6) is 0.603. The predicted molar refractivity (Wildman–Crippen MR) is 64.3 cm³/mol. The van der Waals surface area contributed by atoms with Gasteiger partial charge in [-0.15, -0.1) is 5.10 Å². The minimum atomic E-state index is 0.249. The second kappa shape index (κ2) is 5.45. The van der Waals surface area contributed by atoms with Crippen LogP contribution < -0.4 is 5.32 Å². The molecule has 0 aromatic carbocycles. The van der Waals surface area contributed by atoms with Gasteiger partial charge < -0.3 is 5.32 Å². The largest absolute Gasteiger partial charge is 0.365 e. The SMILES string of the molecule is CCc1nnc(NC(C)C)c(C#N)c1CC. The number of rotatable bonds is 4. The summed E-state index contributed by atoms with van der Waals surface area (Å²) in [4.78, 5) is 0. The van der Waals surface area contributed by atoms with Gasteiger partial charge in [0.15, 0.2) is 5.82 Å². The van der Waals surface area contributed by atoms with Crippen molar-refractivity contribution in [3.8, 4) is 6.07 Å². The van der Waals surface area contributed by atoms with Crippen molar-refractivity contribution in [3.63, 3.8) is 0 Å². The molecule has 4 heteroatoms. The summed E-state index contributed by atoms with van der Waals surface area (Å²) in [6.07, 6.45) is 1.63. The van der Waals surface area contributed by atoms with Crippen molar-refractivity contribution in [3.05, 3.63) is 16.8 Å². The maximum atomic E-state index is 9.21. The van der Waals surface area contributed by atoms with Crippen molar-refractivity contribution in [2.45, 2.75) is 46.6 Å². The van der Waals surface area contributed by atoms with E-state index in [0.717, 1.165) is 24.1 Å². The second-order valence-electron chi connectivity index (χ2n) is 3.97. The summed E-state index contributed by atoms with van der Waals surface area (Å²) in [7, 11) is 0. The van der Waals surface area contributed by atoms with Crippen LogP contribution in [0.4, 0.5) is 5.82 Å². The number of nitrogens with zero attached hydrogens (tertiary/aromatic N) is 3. The molecule has 1 aromatic rings. The van der Waals surface area contributed by atoms with Crippen LogP contribution in [0.25, 0.3) is 0 Å². The Hall–Kier alpha value is -1.63. The van der Waals surface area contributed by atoms with E-state index in [0.29, 0.717) is 11.4 Å². The Bertz CT molecular complexity index is 404. The van der Waals surface area contributed by atoms with Crippen molar-refractivity contribution >= 4 is 5.82 Å². The summed E-state index contributed by atoms with van der Waals surface area (Å²) < 4.78 is 0. The molecule has 4 nitrogen and oxygen atoms in total. The summed E-state index contributed by atoms with van der Waals surface area (Å²) in [5, 5.41) is 20.6. The van der Waals surface area contributed by atoms with Gasteiger partial charge in [0.1, 0.15) is 11.6 Å². The van der Waals surface area contributed by atoms with Crippen LogP contribution in [0.15, 0.2) is 0 Å². The fourth-order valence-electron chi connectivity index (χ4n) is 1.67. The van der Waals surface area contributed by atoms with E-state index in [1.165, 1.54) is 0 Å². The van der Waals surface area contributed by atoms with Crippen LogP contribution in [0, 0.1) is 11.3 Å². The number of nitriles is 1. The van der Waals surface area contributed by atoms with Crippen LogP contribution in [0.2, 0.25) is 0 Å². The summed E-state index contributed by atoms with van der Waals surface area (Å²) in [6, 6.07) is 2.48. The monoisotopic (exact) mass is 218 g/mol. The van der Waals surface area contributed by atoms with Crippen LogP contribution in [0.3, 0.4) is 0 Å². The lowest BCUT2D eigenvalue weighted by Gasteiger charge is -2.13. The van der Waals surface area contributed by atoms with Gasteiger partial charge in [-0.2, -0.15) is 10.4 Å². The molecular weight excluding hydrogens is 200 g/mol. The summed E-state index contributed by atoms with van der Waals surface area (Å²) in [6.45, 7) is 8.10. The second-order valence-corrected chi connectivity index (χ2v) is 3.97. The molecule has 0 unspecified atom stereocenters. The normalized spacial score (nSPS) is 10.2. The number of aryl methyl sites for hydroxylation is 1. The minimum absolute atomic E-state index is 0.249. The molecule has 0 saturated heterocycles. The molecule has 0 atom stereocenters. The van der Waals surface area contributed by atoms with Gasteiger partial charge >= 0.3 is 0 Å². The molecule has 0 bridgehead atoms. The third-order valence-corrected chi connectivity index (χ3v) is 2.38. The first-order chi connectivity index (χ1) is 7.63. The molecule has 0 amide bonds. The van der Waals surface area contributed by atoms with E-state index in [9.17, 15) is 5.26 Å². The predicted octanol–water partition coefficient (Wildman–Crippen LogP) is 2.29. The van der Waals surface area contributed by atoms with Gasteiger partial charge in [0.2, 0.25) is 0 Å².